The highest BCUT2D eigenvalue weighted by molar-refractivity contribution is 7.26. The van der Waals surface area contributed by atoms with Gasteiger partial charge in [0.05, 0.1) is 26.9 Å². The van der Waals surface area contributed by atoms with Crippen LogP contribution in [0.3, 0.4) is 0 Å². The molecule has 0 N–H and O–H groups in total. The van der Waals surface area contributed by atoms with Gasteiger partial charge in [0, 0.05) is 48.9 Å². The lowest BCUT2D eigenvalue weighted by Crippen LogP contribution is -1.95. The zero-order valence-corrected chi connectivity index (χ0v) is 21.8. The minimum Gasteiger partial charge on any atom is -0.317 e. The Morgan fingerprint density at radius 2 is 1.13 bits per heavy atom. The molecule has 9 aromatic rings. The van der Waals surface area contributed by atoms with Crippen molar-refractivity contribution in [2.75, 3.05) is 0 Å². The van der Waals surface area contributed by atoms with Gasteiger partial charge in [0.2, 0.25) is 0 Å². The second kappa shape index (κ2) is 7.83. The zero-order valence-electron chi connectivity index (χ0n) is 21.0. The number of hydrogen-bond donors (Lipinski definition) is 0. The number of rotatable bonds is 2. The average Bonchev–Trinajstić information content (AvgIpc) is 3.69. The molecule has 6 aromatic carbocycles. The molecule has 2 nitrogen and oxygen atoms in total. The second-order valence-corrected chi connectivity index (χ2v) is 11.2. The fourth-order valence-electron chi connectivity index (χ4n) is 6.46. The maximum Gasteiger partial charge on any atom is 0.0641 e. The van der Waals surface area contributed by atoms with Gasteiger partial charge in [-0.05, 0) is 47.9 Å². The molecule has 39 heavy (non-hydrogen) atoms. The first-order valence-corrected chi connectivity index (χ1v) is 14.1. The number of aromatic nitrogens is 2. The number of benzene rings is 6. The van der Waals surface area contributed by atoms with Crippen LogP contribution < -0.4 is 0 Å². The van der Waals surface area contributed by atoms with E-state index in [0.717, 1.165) is 0 Å². The van der Waals surface area contributed by atoms with Gasteiger partial charge in [0.15, 0.2) is 0 Å². The molecule has 0 amide bonds. The lowest BCUT2D eigenvalue weighted by molar-refractivity contribution is 1.13. The van der Waals surface area contributed by atoms with Crippen LogP contribution in [0.1, 0.15) is 0 Å². The van der Waals surface area contributed by atoms with Gasteiger partial charge in [-0.1, -0.05) is 84.9 Å². The molecule has 9 rings (SSSR count). The summed E-state index contributed by atoms with van der Waals surface area (Å²) in [6.07, 6.45) is 2.19. The van der Waals surface area contributed by atoms with Crippen LogP contribution in [0.25, 0.3) is 75.0 Å². The Morgan fingerprint density at radius 3 is 2.05 bits per heavy atom. The minimum atomic E-state index is 1.18. The van der Waals surface area contributed by atoms with E-state index in [1.165, 1.54) is 75.0 Å². The number of nitrogens with zero attached hydrogens (tertiary/aromatic N) is 2. The SMILES string of the molecule is c1ccc(-n2ccc3c4ccc5c6ccccc6n(-c6cccc7c6sc6ccccc67)c5c4ccc32)cc1. The third kappa shape index (κ3) is 2.85. The first-order valence-electron chi connectivity index (χ1n) is 13.3. The molecule has 0 fully saturated rings. The summed E-state index contributed by atoms with van der Waals surface area (Å²) in [5, 5.41) is 9.06. The van der Waals surface area contributed by atoms with E-state index in [9.17, 15) is 0 Å². The van der Waals surface area contributed by atoms with E-state index in [1.54, 1.807) is 0 Å². The second-order valence-electron chi connectivity index (χ2n) is 10.2. The van der Waals surface area contributed by atoms with Crippen molar-refractivity contribution < 1.29 is 0 Å². The zero-order chi connectivity index (χ0) is 25.5. The molecule has 0 saturated carbocycles. The summed E-state index contributed by atoms with van der Waals surface area (Å²) in [4.78, 5) is 0. The van der Waals surface area contributed by atoms with Gasteiger partial charge in [-0.25, -0.2) is 0 Å². The van der Waals surface area contributed by atoms with Crippen LogP contribution in [0.15, 0.2) is 134 Å². The van der Waals surface area contributed by atoms with Crippen LogP contribution in [0.4, 0.5) is 0 Å². The van der Waals surface area contributed by atoms with Crippen LogP contribution in [0.5, 0.6) is 0 Å². The fourth-order valence-corrected chi connectivity index (χ4v) is 7.67. The van der Waals surface area contributed by atoms with Crippen LogP contribution >= 0.6 is 11.3 Å². The van der Waals surface area contributed by atoms with E-state index in [2.05, 4.69) is 143 Å². The monoisotopic (exact) mass is 514 g/mol. The van der Waals surface area contributed by atoms with Crippen molar-refractivity contribution in [3.63, 3.8) is 0 Å². The van der Waals surface area contributed by atoms with E-state index < -0.39 is 0 Å². The number of para-hydroxylation sites is 2. The standard InChI is InChI=1S/C36H22N2S/c1-2-9-23(10-3-1)37-22-21-26-24-17-18-29-25-11-4-6-14-32(25)38(35(29)28(24)19-20-31(26)37)33-15-8-13-30-27-12-5-7-16-34(27)39-36(30)33/h1-22H. The summed E-state index contributed by atoms with van der Waals surface area (Å²) >= 11 is 1.89. The largest absolute Gasteiger partial charge is 0.317 e. The lowest BCUT2D eigenvalue weighted by atomic mass is 10.0. The number of fused-ring (bicyclic) bond motifs is 10. The van der Waals surface area contributed by atoms with Crippen molar-refractivity contribution in [1.29, 1.82) is 0 Å². The Labute approximate surface area is 228 Å². The van der Waals surface area contributed by atoms with Gasteiger partial charge in [-0.15, -0.1) is 11.3 Å². The quantitative estimate of drug-likeness (QED) is 0.217. The molecule has 3 heterocycles. The molecule has 0 atom stereocenters. The highest BCUT2D eigenvalue weighted by Gasteiger charge is 2.19. The van der Waals surface area contributed by atoms with Gasteiger partial charge >= 0.3 is 0 Å². The number of hydrogen-bond acceptors (Lipinski definition) is 1. The molecule has 0 radical (unpaired) electrons. The number of thiophene rings is 1. The van der Waals surface area contributed by atoms with Crippen LogP contribution in [-0.2, 0) is 0 Å². The first kappa shape index (κ1) is 21.1. The van der Waals surface area contributed by atoms with E-state index in [4.69, 9.17) is 0 Å². The first-order chi connectivity index (χ1) is 19.4. The normalized spacial score (nSPS) is 12.1. The third-order valence-electron chi connectivity index (χ3n) is 8.16. The summed E-state index contributed by atoms with van der Waals surface area (Å²) in [7, 11) is 0. The molecular formula is C36H22N2S. The van der Waals surface area contributed by atoms with Gasteiger partial charge < -0.3 is 9.13 Å². The van der Waals surface area contributed by atoms with E-state index in [0.29, 0.717) is 0 Å². The summed E-state index contributed by atoms with van der Waals surface area (Å²) in [5.41, 5.74) is 6.16. The molecule has 0 bridgehead atoms. The van der Waals surface area contributed by atoms with Gasteiger partial charge in [0.25, 0.3) is 0 Å². The Bertz CT molecular complexity index is 2390. The predicted octanol–water partition coefficient (Wildman–Crippen LogP) is 10.2. The van der Waals surface area contributed by atoms with E-state index in [-0.39, 0.29) is 0 Å². The summed E-state index contributed by atoms with van der Waals surface area (Å²) < 4.78 is 7.45. The van der Waals surface area contributed by atoms with Gasteiger partial charge in [-0.2, -0.15) is 0 Å². The Hall–Kier alpha value is -4.86. The Balaban J connectivity index is 1.43. The lowest BCUT2D eigenvalue weighted by Gasteiger charge is -2.12. The molecule has 0 saturated heterocycles. The molecule has 3 aromatic heterocycles. The molecule has 182 valence electrons. The summed E-state index contributed by atoms with van der Waals surface area (Å²) in [6, 6.07) is 46.4. The molecule has 3 heteroatoms. The maximum atomic E-state index is 2.50. The Morgan fingerprint density at radius 1 is 0.436 bits per heavy atom. The summed E-state index contributed by atoms with van der Waals surface area (Å²) in [5.74, 6) is 0. The Kier molecular flexibility index (Phi) is 4.24. The van der Waals surface area contributed by atoms with Crippen LogP contribution in [0.2, 0.25) is 0 Å². The molecule has 0 spiro atoms. The summed E-state index contributed by atoms with van der Waals surface area (Å²) in [6.45, 7) is 0. The molecule has 0 aliphatic carbocycles. The predicted molar refractivity (Wildman–Crippen MR) is 168 cm³/mol. The molecule has 0 unspecified atom stereocenters. The smallest absolute Gasteiger partial charge is 0.0641 e. The highest BCUT2D eigenvalue weighted by atomic mass is 32.1. The third-order valence-corrected chi connectivity index (χ3v) is 9.37. The molecular weight excluding hydrogens is 492 g/mol. The van der Waals surface area contributed by atoms with Crippen molar-refractivity contribution in [3.8, 4) is 11.4 Å². The van der Waals surface area contributed by atoms with Crippen LogP contribution in [-0.4, -0.2) is 9.13 Å². The maximum absolute atomic E-state index is 2.50. The van der Waals surface area contributed by atoms with Gasteiger partial charge in [0.1, 0.15) is 0 Å². The van der Waals surface area contributed by atoms with Crippen molar-refractivity contribution in [3.05, 3.63) is 134 Å². The molecule has 0 aliphatic heterocycles. The fraction of sp³-hybridized carbons (Fsp3) is 0. The van der Waals surface area contributed by atoms with Crippen molar-refractivity contribution in [2.24, 2.45) is 0 Å². The van der Waals surface area contributed by atoms with Crippen molar-refractivity contribution in [2.45, 2.75) is 0 Å². The topological polar surface area (TPSA) is 9.86 Å². The highest BCUT2D eigenvalue weighted by Crippen LogP contribution is 2.43. The molecule has 0 aliphatic rings. The minimum absolute atomic E-state index is 1.18. The van der Waals surface area contributed by atoms with Crippen LogP contribution in [0, 0.1) is 0 Å². The van der Waals surface area contributed by atoms with E-state index in [1.807, 2.05) is 11.3 Å². The van der Waals surface area contributed by atoms with Crippen molar-refractivity contribution >= 4 is 75.0 Å². The van der Waals surface area contributed by atoms with Gasteiger partial charge in [-0.3, -0.25) is 0 Å². The van der Waals surface area contributed by atoms with E-state index >= 15 is 0 Å². The average molecular weight is 515 g/mol. The van der Waals surface area contributed by atoms with Crippen molar-refractivity contribution in [1.82, 2.24) is 9.13 Å².